The number of hydrogen-bond acceptors (Lipinski definition) is 4. The first kappa shape index (κ1) is 14.9. The molecule has 0 aliphatic rings. The molecule has 0 aliphatic heterocycles. The standard InChI is InChI=1S/C12H13F3N4O2/c1-7-9(16)10(18-17-7)11(20)19(6-12(13,14)15)5-8-3-2-4-21-8/h2-4H,5-6,16H2,1H3,(H,17,18). The maximum atomic E-state index is 12.6. The molecule has 3 N–H and O–H groups in total. The Hall–Kier alpha value is -2.45. The highest BCUT2D eigenvalue weighted by Crippen LogP contribution is 2.22. The van der Waals surface area contributed by atoms with E-state index in [1.807, 2.05) is 0 Å². The van der Waals surface area contributed by atoms with Crippen LogP contribution < -0.4 is 5.73 Å². The van der Waals surface area contributed by atoms with Crippen molar-refractivity contribution in [1.82, 2.24) is 15.1 Å². The van der Waals surface area contributed by atoms with Gasteiger partial charge in [-0.15, -0.1) is 0 Å². The molecule has 0 bridgehead atoms. The fourth-order valence-corrected chi connectivity index (χ4v) is 1.76. The molecule has 6 nitrogen and oxygen atoms in total. The van der Waals surface area contributed by atoms with Crippen molar-refractivity contribution in [2.24, 2.45) is 0 Å². The number of alkyl halides is 3. The van der Waals surface area contributed by atoms with E-state index in [1.165, 1.54) is 18.4 Å². The second-order valence-electron chi connectivity index (χ2n) is 4.47. The third kappa shape index (κ3) is 3.56. The number of aromatic nitrogens is 2. The maximum Gasteiger partial charge on any atom is 0.406 e. The zero-order chi connectivity index (χ0) is 15.6. The molecule has 1 amide bonds. The molecule has 0 aromatic carbocycles. The van der Waals surface area contributed by atoms with E-state index in [2.05, 4.69) is 10.2 Å². The number of carbonyl (C=O) groups is 1. The number of aromatic amines is 1. The van der Waals surface area contributed by atoms with Gasteiger partial charge >= 0.3 is 6.18 Å². The van der Waals surface area contributed by atoms with Crippen molar-refractivity contribution in [3.63, 3.8) is 0 Å². The van der Waals surface area contributed by atoms with Gasteiger partial charge in [0.05, 0.1) is 24.2 Å². The van der Waals surface area contributed by atoms with Crippen LogP contribution in [0, 0.1) is 6.92 Å². The van der Waals surface area contributed by atoms with Crippen LogP contribution in [0.3, 0.4) is 0 Å². The summed E-state index contributed by atoms with van der Waals surface area (Å²) in [5, 5.41) is 6.12. The van der Waals surface area contributed by atoms with Gasteiger partial charge in [0, 0.05) is 0 Å². The summed E-state index contributed by atoms with van der Waals surface area (Å²) in [6, 6.07) is 3.01. The number of nitrogens with one attached hydrogen (secondary N) is 1. The maximum absolute atomic E-state index is 12.6. The molecule has 2 aromatic heterocycles. The Balaban J connectivity index is 2.25. The molecule has 0 saturated carbocycles. The van der Waals surface area contributed by atoms with Crippen molar-refractivity contribution >= 4 is 11.6 Å². The van der Waals surface area contributed by atoms with Crippen LogP contribution in [0.15, 0.2) is 22.8 Å². The molecule has 2 aromatic rings. The molecule has 0 fully saturated rings. The molecule has 0 atom stereocenters. The van der Waals surface area contributed by atoms with Crippen LogP contribution in [-0.2, 0) is 6.54 Å². The van der Waals surface area contributed by atoms with Gasteiger partial charge in [-0.2, -0.15) is 18.3 Å². The molecule has 2 rings (SSSR count). The average Bonchev–Trinajstić information content (AvgIpc) is 2.98. The third-order valence-electron chi connectivity index (χ3n) is 2.78. The van der Waals surface area contributed by atoms with Gasteiger partial charge in [0.1, 0.15) is 12.3 Å². The number of carbonyl (C=O) groups excluding carboxylic acids is 1. The van der Waals surface area contributed by atoms with E-state index in [-0.39, 0.29) is 23.7 Å². The molecule has 0 spiro atoms. The minimum absolute atomic E-state index is 0.0339. The summed E-state index contributed by atoms with van der Waals surface area (Å²) in [5.74, 6) is -0.677. The summed E-state index contributed by atoms with van der Waals surface area (Å²) in [5.41, 5.74) is 5.85. The topological polar surface area (TPSA) is 88.2 Å². The predicted molar refractivity (Wildman–Crippen MR) is 67.2 cm³/mol. The van der Waals surface area contributed by atoms with Gasteiger partial charge in [-0.25, -0.2) is 0 Å². The fraction of sp³-hybridized carbons (Fsp3) is 0.333. The Morgan fingerprint density at radius 2 is 2.24 bits per heavy atom. The summed E-state index contributed by atoms with van der Waals surface area (Å²) in [4.78, 5) is 12.8. The second-order valence-corrected chi connectivity index (χ2v) is 4.47. The smallest absolute Gasteiger partial charge is 0.406 e. The summed E-state index contributed by atoms with van der Waals surface area (Å²) < 4.78 is 42.9. The number of halogens is 3. The molecular weight excluding hydrogens is 289 g/mol. The van der Waals surface area contributed by atoms with Crippen LogP contribution in [0.4, 0.5) is 18.9 Å². The first-order valence-electron chi connectivity index (χ1n) is 5.97. The number of furan rings is 1. The second kappa shape index (κ2) is 5.51. The zero-order valence-electron chi connectivity index (χ0n) is 11.1. The van der Waals surface area contributed by atoms with Gasteiger partial charge in [0.2, 0.25) is 0 Å². The van der Waals surface area contributed by atoms with Gasteiger partial charge in [-0.1, -0.05) is 0 Å². The van der Waals surface area contributed by atoms with Gasteiger partial charge in [-0.05, 0) is 19.1 Å². The van der Waals surface area contributed by atoms with Crippen molar-refractivity contribution in [3.8, 4) is 0 Å². The predicted octanol–water partition coefficient (Wildman–Crippen LogP) is 2.10. The van der Waals surface area contributed by atoms with E-state index in [0.29, 0.717) is 10.6 Å². The number of anilines is 1. The van der Waals surface area contributed by atoms with Crippen LogP contribution in [0.2, 0.25) is 0 Å². The molecule has 9 heteroatoms. The third-order valence-corrected chi connectivity index (χ3v) is 2.78. The summed E-state index contributed by atoms with van der Waals surface area (Å²) in [6.45, 7) is -0.172. The highest BCUT2D eigenvalue weighted by atomic mass is 19.4. The van der Waals surface area contributed by atoms with Crippen LogP contribution in [-0.4, -0.2) is 33.7 Å². The van der Waals surface area contributed by atoms with Gasteiger partial charge in [0.25, 0.3) is 5.91 Å². The minimum atomic E-state index is -4.54. The average molecular weight is 302 g/mol. The van der Waals surface area contributed by atoms with Crippen molar-refractivity contribution in [2.75, 3.05) is 12.3 Å². The summed E-state index contributed by atoms with van der Waals surface area (Å²) in [7, 11) is 0. The Morgan fingerprint density at radius 1 is 1.52 bits per heavy atom. The van der Waals surface area contributed by atoms with Crippen LogP contribution in [0.25, 0.3) is 0 Å². The number of H-pyrrole nitrogens is 1. The van der Waals surface area contributed by atoms with E-state index >= 15 is 0 Å². The van der Waals surface area contributed by atoms with Crippen LogP contribution in [0.1, 0.15) is 21.9 Å². The van der Waals surface area contributed by atoms with Gasteiger partial charge in [0.15, 0.2) is 5.69 Å². The number of nitrogens with two attached hydrogens (primary N) is 1. The highest BCUT2D eigenvalue weighted by Gasteiger charge is 2.35. The molecule has 0 radical (unpaired) electrons. The lowest BCUT2D eigenvalue weighted by molar-refractivity contribution is -0.142. The van der Waals surface area contributed by atoms with Gasteiger partial charge in [-0.3, -0.25) is 9.89 Å². The SMILES string of the molecule is Cc1[nH]nc(C(=O)N(Cc2ccco2)CC(F)(F)F)c1N. The van der Waals surface area contributed by atoms with E-state index in [4.69, 9.17) is 10.2 Å². The van der Waals surface area contributed by atoms with Crippen molar-refractivity contribution < 1.29 is 22.4 Å². The van der Waals surface area contributed by atoms with Gasteiger partial charge < -0.3 is 15.1 Å². The monoisotopic (exact) mass is 302 g/mol. The van der Waals surface area contributed by atoms with E-state index in [9.17, 15) is 18.0 Å². The molecule has 0 aliphatic carbocycles. The Labute approximate surface area is 117 Å². The van der Waals surface area contributed by atoms with E-state index < -0.39 is 18.6 Å². The number of nitrogen functional groups attached to an aromatic ring is 1. The van der Waals surface area contributed by atoms with Crippen molar-refractivity contribution in [1.29, 1.82) is 0 Å². The van der Waals surface area contributed by atoms with E-state index in [0.717, 1.165) is 0 Å². The van der Waals surface area contributed by atoms with E-state index in [1.54, 1.807) is 6.92 Å². The van der Waals surface area contributed by atoms with Crippen molar-refractivity contribution in [2.45, 2.75) is 19.6 Å². The lowest BCUT2D eigenvalue weighted by atomic mass is 10.2. The quantitative estimate of drug-likeness (QED) is 0.905. The minimum Gasteiger partial charge on any atom is -0.467 e. The molecule has 0 saturated heterocycles. The number of rotatable bonds is 4. The Bertz CT molecular complexity index is 619. The molecule has 0 unspecified atom stereocenters. The number of nitrogens with zero attached hydrogens (tertiary/aromatic N) is 2. The van der Waals surface area contributed by atoms with Crippen molar-refractivity contribution in [3.05, 3.63) is 35.5 Å². The summed E-state index contributed by atoms with van der Waals surface area (Å²) >= 11 is 0. The first-order valence-corrected chi connectivity index (χ1v) is 5.97. The fourth-order valence-electron chi connectivity index (χ4n) is 1.76. The number of aryl methyl sites for hydroxylation is 1. The molecule has 2 heterocycles. The summed E-state index contributed by atoms with van der Waals surface area (Å²) in [6.07, 6.45) is -3.22. The lowest BCUT2D eigenvalue weighted by Crippen LogP contribution is -2.38. The Morgan fingerprint density at radius 3 is 2.71 bits per heavy atom. The first-order chi connectivity index (χ1) is 9.78. The number of hydrogen-bond donors (Lipinski definition) is 2. The largest absolute Gasteiger partial charge is 0.467 e. The zero-order valence-corrected chi connectivity index (χ0v) is 11.1. The normalized spacial score (nSPS) is 11.6. The molecular formula is C12H13F3N4O2. The van der Waals surface area contributed by atoms with Crippen LogP contribution >= 0.6 is 0 Å². The number of amides is 1. The molecule has 114 valence electrons. The highest BCUT2D eigenvalue weighted by molar-refractivity contribution is 5.97. The lowest BCUT2D eigenvalue weighted by Gasteiger charge is -2.22. The van der Waals surface area contributed by atoms with Crippen LogP contribution in [0.5, 0.6) is 0 Å². The Kier molecular flexibility index (Phi) is 3.92. The molecule has 21 heavy (non-hydrogen) atoms.